The largest absolute Gasteiger partial charge is 0.351 e. The summed E-state index contributed by atoms with van der Waals surface area (Å²) in [6.45, 7) is 6.06. The van der Waals surface area contributed by atoms with Crippen LogP contribution in [0.25, 0.3) is 0 Å². The van der Waals surface area contributed by atoms with E-state index in [4.69, 9.17) is 0 Å². The van der Waals surface area contributed by atoms with E-state index < -0.39 is 0 Å². The van der Waals surface area contributed by atoms with E-state index in [2.05, 4.69) is 35.1 Å². The van der Waals surface area contributed by atoms with Gasteiger partial charge in [-0.3, -0.25) is 4.79 Å². The predicted octanol–water partition coefficient (Wildman–Crippen LogP) is 2.47. The lowest BCUT2D eigenvalue weighted by molar-refractivity contribution is -0.122. The first-order valence-electron chi connectivity index (χ1n) is 4.45. The average Bonchev–Trinajstić information content (AvgIpc) is 2.05. The third-order valence-electron chi connectivity index (χ3n) is 2.19. The van der Waals surface area contributed by atoms with Crippen LogP contribution in [0.5, 0.6) is 0 Å². The topological polar surface area (TPSA) is 29.1 Å². The molecule has 0 aromatic rings. The molecule has 0 fully saturated rings. The minimum absolute atomic E-state index is 0.0312. The molecule has 3 heteroatoms. The van der Waals surface area contributed by atoms with Crippen molar-refractivity contribution < 1.29 is 4.79 Å². The van der Waals surface area contributed by atoms with Gasteiger partial charge in [0.05, 0.1) is 0 Å². The van der Waals surface area contributed by atoms with Gasteiger partial charge in [0.25, 0.3) is 0 Å². The van der Waals surface area contributed by atoms with Crippen molar-refractivity contribution in [2.45, 2.75) is 45.6 Å². The summed E-state index contributed by atoms with van der Waals surface area (Å²) in [5, 5.41) is 3.96. The van der Waals surface area contributed by atoms with Gasteiger partial charge in [-0.15, -0.1) is 0 Å². The molecule has 1 atom stereocenters. The minimum atomic E-state index is -0.0312. The second-order valence-electron chi connectivity index (χ2n) is 3.25. The van der Waals surface area contributed by atoms with E-state index >= 15 is 0 Å². The first-order chi connectivity index (χ1) is 5.58. The Labute approximate surface area is 83.2 Å². The van der Waals surface area contributed by atoms with Crippen LogP contribution in [-0.4, -0.2) is 16.8 Å². The molecule has 0 aromatic carbocycles. The van der Waals surface area contributed by atoms with Crippen molar-refractivity contribution in [3.8, 4) is 0 Å². The lowest BCUT2D eigenvalue weighted by atomic mass is 9.95. The molecule has 0 rings (SSSR count). The van der Waals surface area contributed by atoms with Crippen LogP contribution in [0, 0.1) is 0 Å². The van der Waals surface area contributed by atoms with Crippen LogP contribution in [-0.2, 0) is 4.79 Å². The number of rotatable bonds is 5. The van der Waals surface area contributed by atoms with Crippen LogP contribution >= 0.6 is 15.9 Å². The van der Waals surface area contributed by atoms with E-state index in [1.54, 1.807) is 0 Å². The fourth-order valence-electron chi connectivity index (χ4n) is 0.961. The first kappa shape index (κ1) is 11.9. The number of hydrogen-bond donors (Lipinski definition) is 1. The highest BCUT2D eigenvalue weighted by molar-refractivity contribution is 9.09. The molecule has 0 radical (unpaired) electrons. The second kappa shape index (κ2) is 5.57. The van der Waals surface area contributed by atoms with Crippen LogP contribution in [0.2, 0.25) is 0 Å². The fraction of sp³-hybridized carbons (Fsp3) is 0.889. The molecule has 1 amide bonds. The maximum atomic E-state index is 11.1. The molecule has 0 heterocycles. The number of halogens is 1. The minimum Gasteiger partial charge on any atom is -0.351 e. The molecule has 1 unspecified atom stereocenters. The summed E-state index contributed by atoms with van der Waals surface area (Å²) in [5.74, 6) is 0.139. The summed E-state index contributed by atoms with van der Waals surface area (Å²) >= 11 is 3.39. The molecule has 0 aromatic heterocycles. The van der Waals surface area contributed by atoms with Gasteiger partial charge >= 0.3 is 0 Å². The monoisotopic (exact) mass is 235 g/mol. The highest BCUT2D eigenvalue weighted by Gasteiger charge is 2.22. The summed E-state index contributed by atoms with van der Waals surface area (Å²) in [5.41, 5.74) is -0.0312. The molecule has 12 heavy (non-hydrogen) atoms. The van der Waals surface area contributed by atoms with Crippen molar-refractivity contribution in [1.29, 1.82) is 0 Å². The van der Waals surface area contributed by atoms with Crippen molar-refractivity contribution in [2.24, 2.45) is 0 Å². The zero-order valence-electron chi connectivity index (χ0n) is 8.11. The third kappa shape index (κ3) is 4.10. The summed E-state index contributed by atoms with van der Waals surface area (Å²) in [6, 6.07) is 0. The third-order valence-corrected chi connectivity index (χ3v) is 2.59. The van der Waals surface area contributed by atoms with E-state index in [1.165, 1.54) is 0 Å². The standard InChI is InChI=1S/C9H18BrNO/c1-4-8(12)11-9(3,5-2)6-7-10/h4-7H2,1-3H3,(H,11,12). The molecular formula is C9H18BrNO. The Bertz CT molecular complexity index is 149. The van der Waals surface area contributed by atoms with Crippen molar-refractivity contribution in [1.82, 2.24) is 5.32 Å². The van der Waals surface area contributed by atoms with Crippen LogP contribution in [0.1, 0.15) is 40.0 Å². The number of alkyl halides is 1. The van der Waals surface area contributed by atoms with Crippen molar-refractivity contribution in [2.75, 3.05) is 5.33 Å². The summed E-state index contributed by atoms with van der Waals surface area (Å²) in [6.07, 6.45) is 2.53. The smallest absolute Gasteiger partial charge is 0.220 e. The van der Waals surface area contributed by atoms with Crippen LogP contribution in [0.4, 0.5) is 0 Å². The molecule has 0 aliphatic heterocycles. The van der Waals surface area contributed by atoms with Gasteiger partial charge in [-0.25, -0.2) is 0 Å². The normalized spacial score (nSPS) is 15.3. The maximum Gasteiger partial charge on any atom is 0.220 e. The van der Waals surface area contributed by atoms with E-state index in [0.717, 1.165) is 18.2 Å². The van der Waals surface area contributed by atoms with Crippen LogP contribution < -0.4 is 5.32 Å². The molecule has 0 aliphatic rings. The zero-order chi connectivity index (χ0) is 9.61. The van der Waals surface area contributed by atoms with Gasteiger partial charge in [0.2, 0.25) is 5.91 Å². The second-order valence-corrected chi connectivity index (χ2v) is 4.05. The number of amides is 1. The lowest BCUT2D eigenvalue weighted by Crippen LogP contribution is -2.45. The Kier molecular flexibility index (Phi) is 5.55. The van der Waals surface area contributed by atoms with Gasteiger partial charge in [0, 0.05) is 17.3 Å². The number of nitrogens with one attached hydrogen (secondary N) is 1. The van der Waals surface area contributed by atoms with Gasteiger partial charge in [-0.2, -0.15) is 0 Å². The van der Waals surface area contributed by atoms with Gasteiger partial charge in [-0.05, 0) is 19.8 Å². The van der Waals surface area contributed by atoms with Gasteiger partial charge < -0.3 is 5.32 Å². The molecule has 0 saturated heterocycles. The van der Waals surface area contributed by atoms with Gasteiger partial charge in [-0.1, -0.05) is 29.8 Å². The summed E-state index contributed by atoms with van der Waals surface area (Å²) in [7, 11) is 0. The highest BCUT2D eigenvalue weighted by Crippen LogP contribution is 2.15. The highest BCUT2D eigenvalue weighted by atomic mass is 79.9. The van der Waals surface area contributed by atoms with Crippen molar-refractivity contribution >= 4 is 21.8 Å². The predicted molar refractivity (Wildman–Crippen MR) is 55.5 cm³/mol. The number of carbonyl (C=O) groups excluding carboxylic acids is 1. The SMILES string of the molecule is CCC(=O)NC(C)(CC)CCBr. The van der Waals surface area contributed by atoms with Gasteiger partial charge in [0.1, 0.15) is 0 Å². The molecule has 2 nitrogen and oxygen atoms in total. The molecule has 0 bridgehead atoms. The van der Waals surface area contributed by atoms with Crippen LogP contribution in [0.15, 0.2) is 0 Å². The van der Waals surface area contributed by atoms with E-state index in [-0.39, 0.29) is 11.4 Å². The van der Waals surface area contributed by atoms with Gasteiger partial charge in [0.15, 0.2) is 0 Å². The Balaban J connectivity index is 4.03. The lowest BCUT2D eigenvalue weighted by Gasteiger charge is -2.28. The summed E-state index contributed by atoms with van der Waals surface area (Å²) in [4.78, 5) is 11.1. The Morgan fingerprint density at radius 3 is 2.42 bits per heavy atom. The van der Waals surface area contributed by atoms with E-state index in [9.17, 15) is 4.79 Å². The molecule has 0 spiro atoms. The summed E-state index contributed by atoms with van der Waals surface area (Å²) < 4.78 is 0. The average molecular weight is 236 g/mol. The fourth-order valence-corrected chi connectivity index (χ4v) is 1.84. The number of hydrogen-bond acceptors (Lipinski definition) is 1. The quantitative estimate of drug-likeness (QED) is 0.730. The van der Waals surface area contributed by atoms with Crippen molar-refractivity contribution in [3.63, 3.8) is 0 Å². The van der Waals surface area contributed by atoms with Crippen molar-refractivity contribution in [3.05, 3.63) is 0 Å². The van der Waals surface area contributed by atoms with E-state index in [1.807, 2.05) is 6.92 Å². The molecule has 0 saturated carbocycles. The Morgan fingerprint density at radius 1 is 1.50 bits per heavy atom. The molecule has 72 valence electrons. The molecule has 1 N–H and O–H groups in total. The zero-order valence-corrected chi connectivity index (χ0v) is 9.70. The maximum absolute atomic E-state index is 11.1. The Hall–Kier alpha value is -0.0500. The van der Waals surface area contributed by atoms with Crippen LogP contribution in [0.3, 0.4) is 0 Å². The first-order valence-corrected chi connectivity index (χ1v) is 5.57. The Morgan fingerprint density at radius 2 is 2.08 bits per heavy atom. The molecular weight excluding hydrogens is 218 g/mol. The number of carbonyl (C=O) groups is 1. The molecule has 0 aliphatic carbocycles. The van der Waals surface area contributed by atoms with E-state index in [0.29, 0.717) is 6.42 Å².